The van der Waals surface area contributed by atoms with Crippen LogP contribution in [0, 0.1) is 18.6 Å². The van der Waals surface area contributed by atoms with Crippen LogP contribution in [0.25, 0.3) is 0 Å². The van der Waals surface area contributed by atoms with E-state index in [-0.39, 0.29) is 18.7 Å². The Morgan fingerprint density at radius 1 is 0.919 bits per heavy atom. The first-order valence-electron chi connectivity index (χ1n) is 11.5. The first-order valence-corrected chi connectivity index (χ1v) is 13.4. The maximum absolute atomic E-state index is 13.9. The number of hydrogen-bond donors (Lipinski definition) is 1. The lowest BCUT2D eigenvalue weighted by Gasteiger charge is -2.33. The summed E-state index contributed by atoms with van der Waals surface area (Å²) in [6, 6.07) is 18.1. The molecule has 0 spiro atoms. The first kappa shape index (κ1) is 27.8. The van der Waals surface area contributed by atoms with Crippen molar-refractivity contribution in [3.63, 3.8) is 0 Å². The fourth-order valence-corrected chi connectivity index (χ4v) is 4.71. The standard InChI is InChI=1S/C27H29F2N3O4S/c1-19-9-11-21(12-10-19)17-31(25(27(34)30-2)15-20-7-5-4-6-8-20)26(33)18-32(37(3,35)36)22-13-14-23(28)24(29)16-22/h4-14,16,25H,15,17-18H2,1-3H3,(H,30,34)/t25-/m1/s1. The maximum atomic E-state index is 13.9. The summed E-state index contributed by atoms with van der Waals surface area (Å²) in [6.07, 6.45) is 1.05. The quantitative estimate of drug-likeness (QED) is 0.436. The molecule has 37 heavy (non-hydrogen) atoms. The summed E-state index contributed by atoms with van der Waals surface area (Å²) in [4.78, 5) is 28.0. The SMILES string of the molecule is CNC(=O)[C@@H](Cc1ccccc1)N(Cc1ccc(C)cc1)C(=O)CN(c1ccc(F)c(F)c1)S(C)(=O)=O. The van der Waals surface area contributed by atoms with Crippen LogP contribution in [0.3, 0.4) is 0 Å². The van der Waals surface area contributed by atoms with Gasteiger partial charge in [-0.05, 0) is 30.2 Å². The molecule has 1 N–H and O–H groups in total. The average Bonchev–Trinajstić information content (AvgIpc) is 2.87. The molecule has 3 rings (SSSR count). The number of carbonyl (C=O) groups is 2. The van der Waals surface area contributed by atoms with Gasteiger partial charge in [-0.1, -0.05) is 60.2 Å². The van der Waals surface area contributed by atoms with Gasteiger partial charge < -0.3 is 10.2 Å². The third-order valence-electron chi connectivity index (χ3n) is 5.86. The molecule has 10 heteroatoms. The molecule has 0 heterocycles. The molecule has 196 valence electrons. The van der Waals surface area contributed by atoms with E-state index in [1.807, 2.05) is 61.5 Å². The van der Waals surface area contributed by atoms with Crippen LogP contribution in [0.5, 0.6) is 0 Å². The van der Waals surface area contributed by atoms with Crippen molar-refractivity contribution in [2.45, 2.75) is 25.9 Å². The summed E-state index contributed by atoms with van der Waals surface area (Å²) in [5.41, 5.74) is 2.35. The third kappa shape index (κ3) is 7.36. The molecule has 7 nitrogen and oxygen atoms in total. The number of amides is 2. The molecule has 3 aromatic carbocycles. The molecule has 0 aliphatic heterocycles. The second-order valence-corrected chi connectivity index (χ2v) is 10.6. The third-order valence-corrected chi connectivity index (χ3v) is 7.00. The molecule has 1 atom stereocenters. The summed E-state index contributed by atoms with van der Waals surface area (Å²) >= 11 is 0. The lowest BCUT2D eigenvalue weighted by molar-refractivity contribution is -0.139. The molecule has 0 aliphatic rings. The molecule has 0 aliphatic carbocycles. The van der Waals surface area contributed by atoms with E-state index in [4.69, 9.17) is 0 Å². The van der Waals surface area contributed by atoms with E-state index >= 15 is 0 Å². The molecule has 0 saturated carbocycles. The van der Waals surface area contributed by atoms with Gasteiger partial charge in [-0.25, -0.2) is 17.2 Å². The number of benzene rings is 3. The predicted octanol–water partition coefficient (Wildman–Crippen LogP) is 3.43. The Bertz CT molecular complexity index is 1350. The summed E-state index contributed by atoms with van der Waals surface area (Å²) in [5.74, 6) is -3.50. The molecule has 0 saturated heterocycles. The number of sulfonamides is 1. The zero-order valence-electron chi connectivity index (χ0n) is 20.8. The molecule has 0 fully saturated rings. The number of likely N-dealkylation sites (N-methyl/N-ethyl adjacent to an activating group) is 1. The van der Waals surface area contributed by atoms with Crippen LogP contribution in [-0.4, -0.2) is 51.0 Å². The van der Waals surface area contributed by atoms with Crippen LogP contribution in [0.2, 0.25) is 0 Å². The minimum atomic E-state index is -4.07. The average molecular weight is 530 g/mol. The van der Waals surface area contributed by atoms with Gasteiger partial charge in [-0.2, -0.15) is 0 Å². The Balaban J connectivity index is 2.03. The van der Waals surface area contributed by atoms with Crippen LogP contribution in [0.1, 0.15) is 16.7 Å². The topological polar surface area (TPSA) is 86.8 Å². The number of anilines is 1. The maximum Gasteiger partial charge on any atom is 0.244 e. The monoisotopic (exact) mass is 529 g/mol. The van der Waals surface area contributed by atoms with Crippen LogP contribution < -0.4 is 9.62 Å². The Labute approximate surface area is 215 Å². The molecule has 0 radical (unpaired) electrons. The Morgan fingerprint density at radius 3 is 2.14 bits per heavy atom. The van der Waals surface area contributed by atoms with E-state index in [1.54, 1.807) is 0 Å². The van der Waals surface area contributed by atoms with E-state index in [0.717, 1.165) is 35.1 Å². The van der Waals surface area contributed by atoms with E-state index in [0.29, 0.717) is 10.4 Å². The van der Waals surface area contributed by atoms with Crippen LogP contribution in [0.4, 0.5) is 14.5 Å². The first-order chi connectivity index (χ1) is 17.5. The summed E-state index contributed by atoms with van der Waals surface area (Å²) in [6.45, 7) is 1.23. The van der Waals surface area contributed by atoms with Gasteiger partial charge in [0, 0.05) is 26.1 Å². The highest BCUT2D eigenvalue weighted by molar-refractivity contribution is 7.92. The number of halogens is 2. The normalized spacial score (nSPS) is 12.0. The Kier molecular flexibility index (Phi) is 8.99. The highest BCUT2D eigenvalue weighted by atomic mass is 32.2. The predicted molar refractivity (Wildman–Crippen MR) is 138 cm³/mol. The second-order valence-electron chi connectivity index (χ2n) is 8.70. The van der Waals surface area contributed by atoms with Crippen molar-refractivity contribution in [2.24, 2.45) is 0 Å². The van der Waals surface area contributed by atoms with Crippen molar-refractivity contribution in [2.75, 3.05) is 24.2 Å². The minimum absolute atomic E-state index is 0.0272. The van der Waals surface area contributed by atoms with Gasteiger partial charge in [0.2, 0.25) is 21.8 Å². The molecular formula is C27H29F2N3O4S. The van der Waals surface area contributed by atoms with E-state index in [2.05, 4.69) is 5.32 Å². The Morgan fingerprint density at radius 2 is 1.57 bits per heavy atom. The highest BCUT2D eigenvalue weighted by Gasteiger charge is 2.32. The second kappa shape index (κ2) is 12.0. The number of carbonyl (C=O) groups excluding carboxylic acids is 2. The molecule has 0 bridgehead atoms. The lowest BCUT2D eigenvalue weighted by atomic mass is 10.0. The number of hydrogen-bond acceptors (Lipinski definition) is 4. The zero-order valence-corrected chi connectivity index (χ0v) is 21.6. The summed E-state index contributed by atoms with van der Waals surface area (Å²) < 4.78 is 53.3. The van der Waals surface area contributed by atoms with Crippen molar-refractivity contribution >= 4 is 27.5 Å². The van der Waals surface area contributed by atoms with Gasteiger partial charge in [-0.15, -0.1) is 0 Å². The van der Waals surface area contributed by atoms with Gasteiger partial charge >= 0.3 is 0 Å². The molecule has 0 aromatic heterocycles. The van der Waals surface area contributed by atoms with E-state index in [9.17, 15) is 26.8 Å². The molecule has 2 amide bonds. The van der Waals surface area contributed by atoms with E-state index < -0.39 is 46.1 Å². The summed E-state index contributed by atoms with van der Waals surface area (Å²) in [5, 5.41) is 2.59. The van der Waals surface area contributed by atoms with Gasteiger partial charge in [0.25, 0.3) is 0 Å². The van der Waals surface area contributed by atoms with Gasteiger partial charge in [0.1, 0.15) is 12.6 Å². The van der Waals surface area contributed by atoms with Crippen molar-refractivity contribution in [1.82, 2.24) is 10.2 Å². The van der Waals surface area contributed by atoms with Crippen molar-refractivity contribution < 1.29 is 26.8 Å². The van der Waals surface area contributed by atoms with Gasteiger partial charge in [0.05, 0.1) is 11.9 Å². The zero-order chi connectivity index (χ0) is 27.2. The molecule has 0 unspecified atom stereocenters. The van der Waals surface area contributed by atoms with E-state index in [1.165, 1.54) is 11.9 Å². The van der Waals surface area contributed by atoms with Crippen LogP contribution in [-0.2, 0) is 32.6 Å². The minimum Gasteiger partial charge on any atom is -0.357 e. The lowest BCUT2D eigenvalue weighted by Crippen LogP contribution is -2.52. The van der Waals surface area contributed by atoms with Crippen molar-refractivity contribution in [3.8, 4) is 0 Å². The summed E-state index contributed by atoms with van der Waals surface area (Å²) in [7, 11) is -2.61. The Hall–Kier alpha value is -3.79. The number of nitrogens with zero attached hydrogens (tertiary/aromatic N) is 2. The number of aryl methyl sites for hydroxylation is 1. The van der Waals surface area contributed by atoms with Crippen molar-refractivity contribution in [1.29, 1.82) is 0 Å². The van der Waals surface area contributed by atoms with Crippen LogP contribution >= 0.6 is 0 Å². The smallest absolute Gasteiger partial charge is 0.244 e. The highest BCUT2D eigenvalue weighted by Crippen LogP contribution is 2.22. The number of rotatable bonds is 10. The largest absolute Gasteiger partial charge is 0.357 e. The van der Waals surface area contributed by atoms with Gasteiger partial charge in [0.15, 0.2) is 11.6 Å². The number of nitrogens with one attached hydrogen (secondary N) is 1. The van der Waals surface area contributed by atoms with Crippen LogP contribution in [0.15, 0.2) is 72.8 Å². The molecule has 3 aromatic rings. The fraction of sp³-hybridized carbons (Fsp3) is 0.259. The fourth-order valence-electron chi connectivity index (χ4n) is 3.86. The molecular weight excluding hydrogens is 500 g/mol. The van der Waals surface area contributed by atoms with Gasteiger partial charge in [-0.3, -0.25) is 13.9 Å². The van der Waals surface area contributed by atoms with Crippen molar-refractivity contribution in [3.05, 3.63) is 101 Å².